The van der Waals surface area contributed by atoms with Crippen molar-refractivity contribution in [1.29, 1.82) is 0 Å². The molecule has 6 heteroatoms. The highest BCUT2D eigenvalue weighted by atomic mass is 19.4. The van der Waals surface area contributed by atoms with Gasteiger partial charge in [-0.15, -0.1) is 0 Å². The molecule has 2 unspecified atom stereocenters. The molecule has 2 atom stereocenters. The molecule has 0 saturated carbocycles. The Morgan fingerprint density at radius 1 is 1.40 bits per heavy atom. The van der Waals surface area contributed by atoms with Crippen LogP contribution in [0.25, 0.3) is 0 Å². The Bertz CT molecular complexity index is 288. The van der Waals surface area contributed by atoms with Crippen molar-refractivity contribution in [2.45, 2.75) is 6.18 Å². The lowest BCUT2D eigenvalue weighted by Gasteiger charge is -2.17. The minimum Gasteiger partial charge on any atom is -0.338 e. The first kappa shape index (κ1) is 11.7. The lowest BCUT2D eigenvalue weighted by molar-refractivity contribution is -0.180. The lowest BCUT2D eigenvalue weighted by atomic mass is 9.97. The van der Waals surface area contributed by atoms with E-state index in [4.69, 9.17) is 0 Å². The van der Waals surface area contributed by atoms with Crippen molar-refractivity contribution in [3.05, 3.63) is 12.7 Å². The van der Waals surface area contributed by atoms with E-state index in [0.717, 1.165) is 11.0 Å². The Hall–Kier alpha value is -1.33. The van der Waals surface area contributed by atoms with Gasteiger partial charge in [-0.1, -0.05) is 6.58 Å². The average Bonchev–Trinajstić information content (AvgIpc) is 2.59. The number of nitrogens with zero attached hydrogens (tertiary/aromatic N) is 1. The van der Waals surface area contributed by atoms with Crippen molar-refractivity contribution in [1.82, 2.24) is 4.90 Å². The van der Waals surface area contributed by atoms with Gasteiger partial charge < -0.3 is 9.69 Å². The minimum absolute atomic E-state index is 0.182. The molecule has 84 valence electrons. The maximum absolute atomic E-state index is 12.4. The summed E-state index contributed by atoms with van der Waals surface area (Å²) >= 11 is 0. The van der Waals surface area contributed by atoms with Gasteiger partial charge in [0.1, 0.15) is 6.29 Å². The van der Waals surface area contributed by atoms with E-state index < -0.39 is 30.5 Å². The highest BCUT2D eigenvalue weighted by molar-refractivity contribution is 5.87. The number of halogens is 3. The van der Waals surface area contributed by atoms with Gasteiger partial charge in [0.2, 0.25) is 5.91 Å². The second-order valence-corrected chi connectivity index (χ2v) is 3.40. The van der Waals surface area contributed by atoms with Crippen LogP contribution in [0.5, 0.6) is 0 Å². The van der Waals surface area contributed by atoms with E-state index in [1.165, 1.54) is 0 Å². The second kappa shape index (κ2) is 4.04. The third-order valence-electron chi connectivity index (χ3n) is 2.45. The van der Waals surface area contributed by atoms with Gasteiger partial charge in [-0.05, 0) is 6.08 Å². The molecule has 0 aromatic rings. The van der Waals surface area contributed by atoms with E-state index in [2.05, 4.69) is 6.58 Å². The summed E-state index contributed by atoms with van der Waals surface area (Å²) in [7, 11) is 0. The molecular weight excluding hydrogens is 211 g/mol. The average molecular weight is 221 g/mol. The molecular formula is C9H10F3NO2. The lowest BCUT2D eigenvalue weighted by Crippen LogP contribution is -2.31. The predicted molar refractivity (Wildman–Crippen MR) is 45.9 cm³/mol. The molecule has 3 nitrogen and oxygen atoms in total. The maximum atomic E-state index is 12.4. The molecule has 0 N–H and O–H groups in total. The van der Waals surface area contributed by atoms with Crippen LogP contribution in [0.4, 0.5) is 13.2 Å². The van der Waals surface area contributed by atoms with Crippen molar-refractivity contribution >= 4 is 12.2 Å². The first-order valence-electron chi connectivity index (χ1n) is 4.33. The van der Waals surface area contributed by atoms with E-state index in [-0.39, 0.29) is 12.8 Å². The number of aldehydes is 1. The SMILES string of the molecule is C=CC(=O)N1CC(C=O)C(C(F)(F)F)C1. The molecule has 1 aliphatic heterocycles. The number of rotatable bonds is 2. The maximum Gasteiger partial charge on any atom is 0.394 e. The summed E-state index contributed by atoms with van der Waals surface area (Å²) < 4.78 is 37.2. The van der Waals surface area contributed by atoms with Crippen LogP contribution in [0.2, 0.25) is 0 Å². The number of carbonyl (C=O) groups excluding carboxylic acids is 2. The summed E-state index contributed by atoms with van der Waals surface area (Å²) in [5.74, 6) is -3.48. The highest BCUT2D eigenvalue weighted by Gasteiger charge is 2.50. The summed E-state index contributed by atoms with van der Waals surface area (Å²) in [4.78, 5) is 22.5. The predicted octanol–water partition coefficient (Wildman–Crippen LogP) is 1.01. The number of carbonyl (C=O) groups is 2. The number of hydrogen-bond donors (Lipinski definition) is 0. The summed E-state index contributed by atoms with van der Waals surface area (Å²) in [6.07, 6.45) is -3.24. The van der Waals surface area contributed by atoms with Gasteiger partial charge in [0.05, 0.1) is 5.92 Å². The van der Waals surface area contributed by atoms with Gasteiger partial charge in [-0.3, -0.25) is 4.79 Å². The Labute approximate surface area is 84.5 Å². The quantitative estimate of drug-likeness (QED) is 0.515. The summed E-state index contributed by atoms with van der Waals surface area (Å²) in [6.45, 7) is 2.54. The fourth-order valence-electron chi connectivity index (χ4n) is 1.62. The first-order chi connectivity index (χ1) is 6.90. The Kier molecular flexibility index (Phi) is 3.16. The highest BCUT2D eigenvalue weighted by Crippen LogP contribution is 2.36. The molecule has 1 heterocycles. The molecule has 1 rings (SSSR count). The van der Waals surface area contributed by atoms with Crippen LogP contribution in [0.3, 0.4) is 0 Å². The van der Waals surface area contributed by atoms with Crippen LogP contribution < -0.4 is 0 Å². The molecule has 0 aromatic heterocycles. The van der Waals surface area contributed by atoms with Crippen molar-refractivity contribution in [2.24, 2.45) is 11.8 Å². The molecule has 0 aliphatic carbocycles. The topological polar surface area (TPSA) is 37.4 Å². The van der Waals surface area contributed by atoms with E-state index >= 15 is 0 Å². The van der Waals surface area contributed by atoms with Crippen molar-refractivity contribution in [3.63, 3.8) is 0 Å². The van der Waals surface area contributed by atoms with Crippen LogP contribution in [-0.2, 0) is 9.59 Å². The van der Waals surface area contributed by atoms with Gasteiger partial charge in [0.15, 0.2) is 0 Å². The van der Waals surface area contributed by atoms with E-state index in [1.54, 1.807) is 0 Å². The minimum atomic E-state index is -4.44. The van der Waals surface area contributed by atoms with Crippen molar-refractivity contribution in [2.75, 3.05) is 13.1 Å². The number of likely N-dealkylation sites (tertiary alicyclic amines) is 1. The summed E-state index contributed by atoms with van der Waals surface area (Å²) in [5.41, 5.74) is 0. The van der Waals surface area contributed by atoms with E-state index in [9.17, 15) is 22.8 Å². The van der Waals surface area contributed by atoms with E-state index in [0.29, 0.717) is 0 Å². The Morgan fingerprint density at radius 3 is 2.33 bits per heavy atom. The Morgan fingerprint density at radius 2 is 2.00 bits per heavy atom. The zero-order valence-corrected chi connectivity index (χ0v) is 7.83. The Balaban J connectivity index is 2.80. The molecule has 1 saturated heterocycles. The molecule has 0 radical (unpaired) electrons. The van der Waals surface area contributed by atoms with Crippen LogP contribution in [0.15, 0.2) is 12.7 Å². The molecule has 1 fully saturated rings. The number of hydrogen-bond acceptors (Lipinski definition) is 2. The van der Waals surface area contributed by atoms with Crippen LogP contribution >= 0.6 is 0 Å². The van der Waals surface area contributed by atoms with Gasteiger partial charge in [-0.2, -0.15) is 13.2 Å². The first-order valence-corrected chi connectivity index (χ1v) is 4.33. The van der Waals surface area contributed by atoms with Crippen LogP contribution in [0.1, 0.15) is 0 Å². The van der Waals surface area contributed by atoms with Gasteiger partial charge in [-0.25, -0.2) is 0 Å². The molecule has 15 heavy (non-hydrogen) atoms. The molecule has 0 aromatic carbocycles. The number of amides is 1. The third-order valence-corrected chi connectivity index (χ3v) is 2.45. The fraction of sp³-hybridized carbons (Fsp3) is 0.556. The largest absolute Gasteiger partial charge is 0.394 e. The smallest absolute Gasteiger partial charge is 0.338 e. The standard InChI is InChI=1S/C9H10F3NO2/c1-2-8(15)13-3-6(5-14)7(4-13)9(10,11)12/h2,5-7H,1,3-4H2. The normalized spacial score (nSPS) is 26.5. The summed E-state index contributed by atoms with van der Waals surface area (Å²) in [6, 6.07) is 0. The van der Waals surface area contributed by atoms with Crippen molar-refractivity contribution < 1.29 is 22.8 Å². The molecule has 1 aliphatic rings. The van der Waals surface area contributed by atoms with Gasteiger partial charge in [0.25, 0.3) is 0 Å². The van der Waals surface area contributed by atoms with Gasteiger partial charge in [0, 0.05) is 19.0 Å². The zero-order chi connectivity index (χ0) is 11.6. The van der Waals surface area contributed by atoms with Crippen LogP contribution in [0, 0.1) is 11.8 Å². The second-order valence-electron chi connectivity index (χ2n) is 3.40. The van der Waals surface area contributed by atoms with Crippen LogP contribution in [-0.4, -0.2) is 36.4 Å². The zero-order valence-electron chi connectivity index (χ0n) is 7.83. The molecule has 0 spiro atoms. The summed E-state index contributed by atoms with van der Waals surface area (Å²) in [5, 5.41) is 0. The van der Waals surface area contributed by atoms with E-state index in [1.807, 2.05) is 0 Å². The molecule has 0 bridgehead atoms. The monoisotopic (exact) mass is 221 g/mol. The number of alkyl halides is 3. The van der Waals surface area contributed by atoms with Gasteiger partial charge >= 0.3 is 6.18 Å². The third kappa shape index (κ3) is 2.37. The van der Waals surface area contributed by atoms with Crippen molar-refractivity contribution in [3.8, 4) is 0 Å². The fourth-order valence-corrected chi connectivity index (χ4v) is 1.62. The molecule has 1 amide bonds.